The molecule has 25 heavy (non-hydrogen) atoms. The number of phenolic OH excluding ortho intramolecular Hbond substituents is 1. The van der Waals surface area contributed by atoms with E-state index in [0.717, 1.165) is 23.5 Å². The number of carbonyl (C=O) groups is 1. The summed E-state index contributed by atoms with van der Waals surface area (Å²) in [5.41, 5.74) is 1.65. The predicted octanol–water partition coefficient (Wildman–Crippen LogP) is 3.83. The maximum Gasteiger partial charge on any atom is 0.231 e. The van der Waals surface area contributed by atoms with Gasteiger partial charge in [0.1, 0.15) is 0 Å². The summed E-state index contributed by atoms with van der Waals surface area (Å²) in [6.07, 6.45) is 0.763. The average Bonchev–Trinajstić information content (AvgIpc) is 3.08. The normalized spacial score (nSPS) is 14.8. The van der Waals surface area contributed by atoms with Gasteiger partial charge in [-0.15, -0.1) is 0 Å². The van der Waals surface area contributed by atoms with Crippen LogP contribution in [-0.4, -0.2) is 24.8 Å². The molecule has 0 fully saturated rings. The third-order valence-electron chi connectivity index (χ3n) is 4.73. The van der Waals surface area contributed by atoms with Crippen LogP contribution in [0.3, 0.4) is 0 Å². The smallest absolute Gasteiger partial charge is 0.231 e. The Kier molecular flexibility index (Phi) is 4.83. The van der Waals surface area contributed by atoms with Gasteiger partial charge in [0.15, 0.2) is 28.8 Å². The van der Waals surface area contributed by atoms with Crippen molar-refractivity contribution in [2.24, 2.45) is 11.8 Å². The number of rotatable bonds is 6. The lowest BCUT2D eigenvalue weighted by atomic mass is 9.84. The number of hydrogen-bond donors (Lipinski definition) is 1. The van der Waals surface area contributed by atoms with Crippen molar-refractivity contribution in [1.82, 2.24) is 0 Å². The summed E-state index contributed by atoms with van der Waals surface area (Å²) in [7, 11) is 1.47. The highest BCUT2D eigenvalue weighted by atomic mass is 16.7. The molecule has 0 spiro atoms. The zero-order chi connectivity index (χ0) is 18.0. The Morgan fingerprint density at radius 1 is 1.16 bits per heavy atom. The first kappa shape index (κ1) is 17.1. The van der Waals surface area contributed by atoms with Gasteiger partial charge in [0.05, 0.1) is 7.11 Å². The van der Waals surface area contributed by atoms with Crippen LogP contribution in [0.5, 0.6) is 23.0 Å². The van der Waals surface area contributed by atoms with Crippen molar-refractivity contribution >= 4 is 5.78 Å². The molecule has 0 amide bonds. The van der Waals surface area contributed by atoms with E-state index in [1.54, 1.807) is 12.1 Å². The number of Topliss-reactive ketones (excluding diaryl/α,β-unsaturated/α-hetero) is 1. The van der Waals surface area contributed by atoms with E-state index in [2.05, 4.69) is 6.92 Å². The molecule has 1 heterocycles. The van der Waals surface area contributed by atoms with Crippen LogP contribution in [0.4, 0.5) is 0 Å². The lowest BCUT2D eigenvalue weighted by Gasteiger charge is -2.19. The summed E-state index contributed by atoms with van der Waals surface area (Å²) in [5.74, 6) is 1.86. The highest BCUT2D eigenvalue weighted by Gasteiger charge is 2.23. The van der Waals surface area contributed by atoms with Crippen molar-refractivity contribution in [3.05, 3.63) is 47.5 Å². The number of fused-ring (bicyclic) bond motifs is 1. The minimum atomic E-state index is -0.167. The Morgan fingerprint density at radius 2 is 1.92 bits per heavy atom. The van der Waals surface area contributed by atoms with Crippen LogP contribution in [0.25, 0.3) is 0 Å². The standard InChI is InChI=1S/C20H22O5/c1-12(8-14-4-7-17-19(9-14)25-11-24-17)13(2)20(22)15-5-6-16(21)18(10-15)23-3/h4-7,9-10,12-13,21H,8,11H2,1-3H3/t12-,13+/m0/s1. The van der Waals surface area contributed by atoms with Gasteiger partial charge in [0.2, 0.25) is 6.79 Å². The van der Waals surface area contributed by atoms with Gasteiger partial charge < -0.3 is 19.3 Å². The molecule has 5 nitrogen and oxygen atoms in total. The second-order valence-electron chi connectivity index (χ2n) is 6.41. The van der Waals surface area contributed by atoms with E-state index >= 15 is 0 Å². The van der Waals surface area contributed by atoms with Crippen LogP contribution in [0.1, 0.15) is 29.8 Å². The predicted molar refractivity (Wildman–Crippen MR) is 93.6 cm³/mol. The SMILES string of the molecule is COc1cc(C(=O)[C@H](C)[C@@H](C)Cc2ccc3c(c2)OCO3)ccc1O. The molecule has 0 unspecified atom stereocenters. The molecule has 2 aromatic rings. The molecule has 1 N–H and O–H groups in total. The first-order chi connectivity index (χ1) is 12.0. The average molecular weight is 342 g/mol. The molecule has 132 valence electrons. The number of carbonyl (C=O) groups excluding carboxylic acids is 1. The molecular formula is C20H22O5. The number of hydrogen-bond acceptors (Lipinski definition) is 5. The zero-order valence-corrected chi connectivity index (χ0v) is 14.6. The third-order valence-corrected chi connectivity index (χ3v) is 4.73. The van der Waals surface area contributed by atoms with Gasteiger partial charge in [0, 0.05) is 11.5 Å². The molecule has 0 radical (unpaired) electrons. The molecule has 3 rings (SSSR count). The lowest BCUT2D eigenvalue weighted by molar-refractivity contribution is 0.0893. The van der Waals surface area contributed by atoms with Gasteiger partial charge in [0.25, 0.3) is 0 Å². The van der Waals surface area contributed by atoms with Crippen molar-refractivity contribution in [2.45, 2.75) is 20.3 Å². The van der Waals surface area contributed by atoms with Gasteiger partial charge in [-0.25, -0.2) is 0 Å². The van der Waals surface area contributed by atoms with E-state index < -0.39 is 0 Å². The molecule has 1 aliphatic rings. The summed E-state index contributed by atoms with van der Waals surface area (Å²) < 4.78 is 15.8. The van der Waals surface area contributed by atoms with E-state index in [4.69, 9.17) is 14.2 Å². The zero-order valence-electron chi connectivity index (χ0n) is 14.6. The Bertz CT molecular complexity index is 784. The Morgan fingerprint density at radius 3 is 2.68 bits per heavy atom. The summed E-state index contributed by atoms with van der Waals surface area (Å²) in [6, 6.07) is 10.6. The first-order valence-corrected chi connectivity index (χ1v) is 8.29. The number of methoxy groups -OCH3 is 1. The van der Waals surface area contributed by atoms with E-state index in [1.807, 2.05) is 25.1 Å². The van der Waals surface area contributed by atoms with Crippen LogP contribution in [-0.2, 0) is 6.42 Å². The molecule has 1 aliphatic heterocycles. The van der Waals surface area contributed by atoms with Crippen LogP contribution in [0, 0.1) is 11.8 Å². The molecule has 0 bridgehead atoms. The lowest BCUT2D eigenvalue weighted by Crippen LogP contribution is -2.21. The maximum absolute atomic E-state index is 12.8. The van der Waals surface area contributed by atoms with Gasteiger partial charge in [-0.1, -0.05) is 19.9 Å². The molecule has 2 aromatic carbocycles. The monoisotopic (exact) mass is 342 g/mol. The second kappa shape index (κ2) is 7.05. The first-order valence-electron chi connectivity index (χ1n) is 8.29. The van der Waals surface area contributed by atoms with Gasteiger partial charge in [-0.2, -0.15) is 0 Å². The summed E-state index contributed by atoms with van der Waals surface area (Å²) >= 11 is 0. The summed E-state index contributed by atoms with van der Waals surface area (Å²) in [6.45, 7) is 4.25. The van der Waals surface area contributed by atoms with Crippen molar-refractivity contribution < 1.29 is 24.1 Å². The molecule has 0 saturated heterocycles. The number of aromatic hydroxyl groups is 1. The quantitative estimate of drug-likeness (QED) is 0.808. The number of ether oxygens (including phenoxy) is 3. The minimum absolute atomic E-state index is 0.0279. The van der Waals surface area contributed by atoms with Crippen molar-refractivity contribution in [2.75, 3.05) is 13.9 Å². The van der Waals surface area contributed by atoms with Crippen molar-refractivity contribution in [1.29, 1.82) is 0 Å². The summed E-state index contributed by atoms with van der Waals surface area (Å²) in [5, 5.41) is 9.68. The third kappa shape index (κ3) is 3.55. The molecule has 0 saturated carbocycles. The highest BCUT2D eigenvalue weighted by Crippen LogP contribution is 2.34. The fourth-order valence-corrected chi connectivity index (χ4v) is 2.97. The molecule has 0 aliphatic carbocycles. The van der Waals surface area contributed by atoms with E-state index in [1.165, 1.54) is 13.2 Å². The molecule has 5 heteroatoms. The topological polar surface area (TPSA) is 65.0 Å². The highest BCUT2D eigenvalue weighted by molar-refractivity contribution is 5.98. The maximum atomic E-state index is 12.8. The van der Waals surface area contributed by atoms with E-state index in [9.17, 15) is 9.90 Å². The second-order valence-corrected chi connectivity index (χ2v) is 6.41. The van der Waals surface area contributed by atoms with Crippen molar-refractivity contribution in [3.8, 4) is 23.0 Å². The number of benzene rings is 2. The molecule has 2 atom stereocenters. The Labute approximate surface area is 147 Å². The fraction of sp³-hybridized carbons (Fsp3) is 0.350. The Hall–Kier alpha value is -2.69. The Balaban J connectivity index is 1.71. The van der Waals surface area contributed by atoms with E-state index in [-0.39, 0.29) is 30.2 Å². The minimum Gasteiger partial charge on any atom is -0.504 e. The summed E-state index contributed by atoms with van der Waals surface area (Å²) in [4.78, 5) is 12.8. The van der Waals surface area contributed by atoms with Crippen molar-refractivity contribution in [3.63, 3.8) is 0 Å². The van der Waals surface area contributed by atoms with Crippen LogP contribution in [0.15, 0.2) is 36.4 Å². The van der Waals surface area contributed by atoms with E-state index in [0.29, 0.717) is 11.3 Å². The van der Waals surface area contributed by atoms with Gasteiger partial charge in [-0.05, 0) is 48.2 Å². The van der Waals surface area contributed by atoms with Gasteiger partial charge in [-0.3, -0.25) is 4.79 Å². The van der Waals surface area contributed by atoms with Crippen LogP contribution >= 0.6 is 0 Å². The number of phenols is 1. The van der Waals surface area contributed by atoms with Crippen LogP contribution in [0.2, 0.25) is 0 Å². The van der Waals surface area contributed by atoms with Crippen LogP contribution < -0.4 is 14.2 Å². The largest absolute Gasteiger partial charge is 0.504 e. The fourth-order valence-electron chi connectivity index (χ4n) is 2.97. The van der Waals surface area contributed by atoms with Gasteiger partial charge >= 0.3 is 0 Å². The molecular weight excluding hydrogens is 320 g/mol. The number of ketones is 1. The molecule has 0 aromatic heterocycles.